The Morgan fingerprint density at radius 1 is 0.507 bits per heavy atom. The Morgan fingerprint density at radius 3 is 1.51 bits per heavy atom. The zero-order chi connectivity index (χ0) is 54.2. The van der Waals surface area contributed by atoms with Crippen LogP contribution in [0.1, 0.15) is 117 Å². The van der Waals surface area contributed by atoms with Gasteiger partial charge in [-0.05, 0) is 83.5 Å². The van der Waals surface area contributed by atoms with Gasteiger partial charge in [-0.15, -0.1) is 0 Å². The minimum absolute atomic E-state index is 0.0423. The highest BCUT2D eigenvalue weighted by Gasteiger charge is 2.54. The maximum absolute atomic E-state index is 13.0. The SMILES string of the molecule is CC/C=C\C/C=C\C/C=C\C/C=C\C/C=C\CCCCCC(=O)O[C@H](COC(=O)CC/C=C\C/C=C\C[C@H](O)/C=C/C=C\C=C\[C@H](O)C/C=C\CC)COP(=O)(O)O[C@H]1C(O)C(O)C(O)[C@@H](OP(=O)(O)O)C1O. The van der Waals surface area contributed by atoms with E-state index in [9.17, 15) is 64.0 Å². The molecule has 9 N–H and O–H groups in total. The van der Waals surface area contributed by atoms with E-state index in [-0.39, 0.29) is 19.3 Å². The topological polar surface area (TPSA) is 296 Å². The van der Waals surface area contributed by atoms with Gasteiger partial charge < -0.3 is 54.8 Å². The smallest absolute Gasteiger partial charge is 0.462 e. The van der Waals surface area contributed by atoms with Gasteiger partial charge >= 0.3 is 27.6 Å². The molecule has 1 aliphatic rings. The lowest BCUT2D eigenvalue weighted by atomic mass is 9.85. The van der Waals surface area contributed by atoms with Crippen molar-refractivity contribution in [2.75, 3.05) is 13.2 Å². The van der Waals surface area contributed by atoms with Gasteiger partial charge in [0.05, 0.1) is 18.8 Å². The fourth-order valence-electron chi connectivity index (χ4n) is 6.55. The van der Waals surface area contributed by atoms with E-state index in [2.05, 4.69) is 72.2 Å². The third-order valence-electron chi connectivity index (χ3n) is 10.4. The van der Waals surface area contributed by atoms with Crippen LogP contribution < -0.4 is 0 Å². The molecule has 1 aliphatic carbocycles. The highest BCUT2D eigenvalue weighted by atomic mass is 31.2. The molecule has 1 fully saturated rings. The lowest BCUT2D eigenvalue weighted by Gasteiger charge is -2.43. The van der Waals surface area contributed by atoms with Crippen LogP contribution in [-0.4, -0.2) is 125 Å². The molecule has 0 aromatic rings. The highest BCUT2D eigenvalue weighted by molar-refractivity contribution is 7.47. The first-order chi connectivity index (χ1) is 34.9. The number of aliphatic hydroxyl groups excluding tert-OH is 6. The van der Waals surface area contributed by atoms with Crippen LogP contribution in [0.3, 0.4) is 0 Å². The van der Waals surface area contributed by atoms with E-state index in [0.717, 1.165) is 51.4 Å². The summed E-state index contributed by atoms with van der Waals surface area (Å²) < 4.78 is 49.3. The minimum atomic E-state index is -5.40. The zero-order valence-electron chi connectivity index (χ0n) is 42.2. The average molecular weight is 1070 g/mol. The van der Waals surface area contributed by atoms with Crippen LogP contribution in [0.2, 0.25) is 0 Å². The second-order valence-electron chi connectivity index (χ2n) is 16.8. The monoisotopic (exact) mass is 1070 g/mol. The van der Waals surface area contributed by atoms with Crippen LogP contribution in [0.25, 0.3) is 0 Å². The van der Waals surface area contributed by atoms with Crippen molar-refractivity contribution in [3.05, 3.63) is 134 Å². The normalized spacial score (nSPS) is 22.6. The van der Waals surface area contributed by atoms with Gasteiger partial charge in [-0.2, -0.15) is 0 Å². The number of hydrogen-bond acceptors (Lipinski definition) is 15. The number of carbonyl (C=O) groups is 2. The van der Waals surface area contributed by atoms with E-state index in [1.165, 1.54) is 0 Å². The fraction of sp³-hybridized carbons (Fsp3) is 0.547. The van der Waals surface area contributed by atoms with Crippen LogP contribution in [-0.2, 0) is 41.8 Å². The second kappa shape index (κ2) is 41.3. The molecule has 0 aromatic carbocycles. The fourth-order valence-corrected chi connectivity index (χ4v) is 8.08. The van der Waals surface area contributed by atoms with Gasteiger partial charge in [-0.1, -0.05) is 154 Å². The molecule has 1 rings (SSSR count). The highest BCUT2D eigenvalue weighted by Crippen LogP contribution is 2.49. The van der Waals surface area contributed by atoms with Crippen molar-refractivity contribution in [2.24, 2.45) is 0 Å². The molecule has 0 saturated heterocycles. The van der Waals surface area contributed by atoms with Crippen molar-refractivity contribution >= 4 is 27.6 Å². The number of unbranched alkanes of at least 4 members (excludes halogenated alkanes) is 3. The third kappa shape index (κ3) is 35.8. The molecule has 0 radical (unpaired) electrons. The first kappa shape index (κ1) is 67.1. The van der Waals surface area contributed by atoms with Crippen LogP contribution in [0.15, 0.2) is 134 Å². The summed E-state index contributed by atoms with van der Waals surface area (Å²) >= 11 is 0. The third-order valence-corrected chi connectivity index (χ3v) is 11.9. The lowest BCUT2D eigenvalue weighted by molar-refractivity contribution is -0.216. The number of phosphoric acid groups is 2. The van der Waals surface area contributed by atoms with Crippen LogP contribution in [0, 0.1) is 0 Å². The molecular formula is C53H82O18P2. The molecule has 10 atom stereocenters. The summed E-state index contributed by atoms with van der Waals surface area (Å²) in [6.07, 6.45) is 36.1. The van der Waals surface area contributed by atoms with Crippen molar-refractivity contribution in [1.29, 1.82) is 0 Å². The molecule has 73 heavy (non-hydrogen) atoms. The number of carbonyl (C=O) groups excluding carboxylic acids is 2. The Labute approximate surface area is 431 Å². The molecular weight excluding hydrogens is 987 g/mol. The molecule has 20 heteroatoms. The van der Waals surface area contributed by atoms with E-state index in [4.69, 9.17) is 18.5 Å². The molecule has 18 nitrogen and oxygen atoms in total. The summed E-state index contributed by atoms with van der Waals surface area (Å²) in [6, 6.07) is 0. The number of phosphoric ester groups is 2. The Morgan fingerprint density at radius 2 is 0.973 bits per heavy atom. The molecule has 1 saturated carbocycles. The van der Waals surface area contributed by atoms with Crippen molar-refractivity contribution < 1.29 is 87.1 Å². The predicted octanol–water partition coefficient (Wildman–Crippen LogP) is 8.00. The van der Waals surface area contributed by atoms with Crippen molar-refractivity contribution in [2.45, 2.75) is 172 Å². The van der Waals surface area contributed by atoms with Crippen LogP contribution in [0.5, 0.6) is 0 Å². The molecule has 412 valence electrons. The standard InChI is InChI=1S/C53H82O18P2/c1-3-5-7-8-9-10-11-12-13-14-15-16-17-18-19-20-21-26-34-40-47(57)69-45(42-68-73(65,66)71-53-50(60)48(58)49(59)52(51(53)61)70-72(62,63)64)41-67-46(56)39-33-25-23-22-24-30-36-44(55)38-32-28-27-31-37-43(54)35-29-6-4-2/h5-7,9-10,12-13,15-16,18-19,23-25,27-32,37-38,43-45,48-55,58-61H,3-4,8,11,14,17,20-22,26,33-36,39-42H2,1-2H3,(H,65,66)(H2,62,63,64)/b7-5-,10-9-,13-12-,16-15-,19-18-,25-23-,28-27-,29-6-,30-24-,37-31+,38-32+/t43-,44+,45-,48?,49?,50?,51?,52-,53+/m1/s1. The van der Waals surface area contributed by atoms with Crippen molar-refractivity contribution in [3.8, 4) is 0 Å². The second-order valence-corrected chi connectivity index (χ2v) is 19.4. The Kier molecular flexibility index (Phi) is 38.0. The lowest BCUT2D eigenvalue weighted by Crippen LogP contribution is -2.64. The predicted molar refractivity (Wildman–Crippen MR) is 280 cm³/mol. The number of allylic oxidation sites excluding steroid dienone is 18. The van der Waals surface area contributed by atoms with E-state index in [1.807, 2.05) is 37.3 Å². The molecule has 0 heterocycles. The van der Waals surface area contributed by atoms with Gasteiger partial charge in [0.1, 0.15) is 43.2 Å². The number of rotatable bonds is 39. The van der Waals surface area contributed by atoms with E-state index >= 15 is 0 Å². The quantitative estimate of drug-likeness (QED) is 0.00926. The number of hydrogen-bond donors (Lipinski definition) is 9. The molecule has 0 aliphatic heterocycles. The molecule has 0 spiro atoms. The number of ether oxygens (including phenoxy) is 2. The Hall–Kier alpha value is -3.94. The average Bonchev–Trinajstić information content (AvgIpc) is 3.34. The first-order valence-electron chi connectivity index (χ1n) is 24.9. The maximum atomic E-state index is 13.0. The van der Waals surface area contributed by atoms with Gasteiger partial charge in [0.25, 0.3) is 0 Å². The summed E-state index contributed by atoms with van der Waals surface area (Å²) in [4.78, 5) is 54.4. The summed E-state index contributed by atoms with van der Waals surface area (Å²) in [5.74, 6) is -1.43. The van der Waals surface area contributed by atoms with Crippen LogP contribution >= 0.6 is 15.6 Å². The van der Waals surface area contributed by atoms with E-state index < -0.39 is 95.7 Å². The number of aliphatic hydroxyl groups is 6. The molecule has 0 bridgehead atoms. The van der Waals surface area contributed by atoms with E-state index in [0.29, 0.717) is 32.1 Å². The van der Waals surface area contributed by atoms with Crippen molar-refractivity contribution in [3.63, 3.8) is 0 Å². The first-order valence-corrected chi connectivity index (χ1v) is 28.0. The van der Waals surface area contributed by atoms with E-state index in [1.54, 1.807) is 42.5 Å². The largest absolute Gasteiger partial charge is 0.472 e. The van der Waals surface area contributed by atoms with Gasteiger partial charge in [-0.3, -0.25) is 23.2 Å². The van der Waals surface area contributed by atoms with Crippen molar-refractivity contribution in [1.82, 2.24) is 0 Å². The summed E-state index contributed by atoms with van der Waals surface area (Å²) in [6.45, 7) is 2.62. The van der Waals surface area contributed by atoms with Gasteiger partial charge in [0.15, 0.2) is 6.10 Å². The molecule has 5 unspecified atom stereocenters. The van der Waals surface area contributed by atoms with Gasteiger partial charge in [-0.25, -0.2) is 9.13 Å². The van der Waals surface area contributed by atoms with Gasteiger partial charge in [0.2, 0.25) is 0 Å². The summed E-state index contributed by atoms with van der Waals surface area (Å²) in [5, 5.41) is 61.3. The van der Waals surface area contributed by atoms with Gasteiger partial charge in [0, 0.05) is 12.8 Å². The molecule has 0 amide bonds. The zero-order valence-corrected chi connectivity index (χ0v) is 44.0. The minimum Gasteiger partial charge on any atom is -0.462 e. The Balaban J connectivity index is 2.69. The maximum Gasteiger partial charge on any atom is 0.472 e. The molecule has 0 aromatic heterocycles. The summed E-state index contributed by atoms with van der Waals surface area (Å²) in [7, 11) is -10.8. The van der Waals surface area contributed by atoms with Crippen LogP contribution in [0.4, 0.5) is 0 Å². The Bertz CT molecular complexity index is 1950. The summed E-state index contributed by atoms with van der Waals surface area (Å²) in [5.41, 5.74) is 0. The number of esters is 2.